The van der Waals surface area contributed by atoms with Crippen LogP contribution in [0.4, 0.5) is 5.69 Å². The van der Waals surface area contributed by atoms with Crippen molar-refractivity contribution in [3.63, 3.8) is 0 Å². The molecule has 0 spiro atoms. The fraction of sp³-hybridized carbons (Fsp3) is 0.611. The van der Waals surface area contributed by atoms with E-state index < -0.39 is 0 Å². The molecule has 0 radical (unpaired) electrons. The van der Waals surface area contributed by atoms with E-state index in [-0.39, 0.29) is 0 Å². The first kappa shape index (κ1) is 20.6. The fourth-order valence-electron chi connectivity index (χ4n) is 1.97. The number of rotatable bonds is 9. The Balaban J connectivity index is 0.000000980. The van der Waals surface area contributed by atoms with Crippen LogP contribution < -0.4 is 4.90 Å². The minimum Gasteiger partial charge on any atom is -0.385 e. The van der Waals surface area contributed by atoms with Gasteiger partial charge in [0.15, 0.2) is 0 Å². The molecule has 0 aliphatic carbocycles. The predicted octanol–water partition coefficient (Wildman–Crippen LogP) is 3.34. The highest BCUT2D eigenvalue weighted by molar-refractivity contribution is 5.74. The summed E-state index contributed by atoms with van der Waals surface area (Å²) >= 11 is 0. The number of nitrogens with zero attached hydrogens (tertiary/aromatic N) is 2. The molecule has 0 fully saturated rings. The number of benzene rings is 1. The molecule has 126 valence electrons. The van der Waals surface area contributed by atoms with Crippen LogP contribution in [0.5, 0.6) is 0 Å². The Hall–Kier alpha value is -1.39. The Labute approximate surface area is 136 Å². The van der Waals surface area contributed by atoms with Crippen LogP contribution in [-0.2, 0) is 9.53 Å². The van der Waals surface area contributed by atoms with E-state index in [0.29, 0.717) is 0 Å². The molecule has 0 saturated carbocycles. The van der Waals surface area contributed by atoms with E-state index in [1.165, 1.54) is 5.56 Å². The minimum atomic E-state index is 0.750. The summed E-state index contributed by atoms with van der Waals surface area (Å²) in [6.07, 6.45) is 2.07. The van der Waals surface area contributed by atoms with Crippen molar-refractivity contribution in [2.75, 3.05) is 44.8 Å². The lowest BCUT2D eigenvalue weighted by molar-refractivity contribution is -0.107. The number of carbonyl (C=O) groups excluding carboxylic acids is 1. The summed E-state index contributed by atoms with van der Waals surface area (Å²) in [5.41, 5.74) is 2.19. The van der Waals surface area contributed by atoms with Crippen LogP contribution in [0.3, 0.4) is 0 Å². The van der Waals surface area contributed by atoms with Gasteiger partial charge < -0.3 is 14.5 Å². The van der Waals surface area contributed by atoms with Gasteiger partial charge in [-0.05, 0) is 45.5 Å². The van der Waals surface area contributed by atoms with E-state index in [2.05, 4.69) is 30.4 Å². The zero-order valence-corrected chi connectivity index (χ0v) is 14.8. The highest BCUT2D eigenvalue weighted by Crippen LogP contribution is 2.13. The second-order valence-electron chi connectivity index (χ2n) is 5.15. The van der Waals surface area contributed by atoms with E-state index in [0.717, 1.165) is 51.3 Å². The molecule has 1 amide bonds. The zero-order chi connectivity index (χ0) is 16.8. The summed E-state index contributed by atoms with van der Waals surface area (Å²) in [7, 11) is 1.68. The van der Waals surface area contributed by atoms with Crippen LogP contribution in [0.15, 0.2) is 24.3 Å². The number of methoxy groups -OCH3 is 1. The van der Waals surface area contributed by atoms with Gasteiger partial charge in [0.1, 0.15) is 0 Å². The quantitative estimate of drug-likeness (QED) is 0.656. The standard InChI is InChI=1S/C15H24N2O.C3H8O/c1-4-10-16(5-2)11-12-17(13-18)15-8-6-14(3)7-9-15;1-3-4-2/h6-9,13H,4-5,10-12H2,1-3H3;3H2,1-2H3. The molecule has 0 aromatic heterocycles. The normalized spacial score (nSPS) is 10.1. The fourth-order valence-corrected chi connectivity index (χ4v) is 1.97. The number of aryl methyl sites for hydroxylation is 1. The predicted molar refractivity (Wildman–Crippen MR) is 94.5 cm³/mol. The first-order valence-electron chi connectivity index (χ1n) is 8.12. The first-order valence-corrected chi connectivity index (χ1v) is 8.12. The molecule has 0 aliphatic heterocycles. The Morgan fingerprint density at radius 2 is 1.64 bits per heavy atom. The highest BCUT2D eigenvalue weighted by atomic mass is 16.5. The van der Waals surface area contributed by atoms with Gasteiger partial charge in [-0.3, -0.25) is 4.79 Å². The second-order valence-corrected chi connectivity index (χ2v) is 5.15. The van der Waals surface area contributed by atoms with E-state index in [4.69, 9.17) is 0 Å². The topological polar surface area (TPSA) is 32.8 Å². The summed E-state index contributed by atoms with van der Waals surface area (Å²) in [5, 5.41) is 0. The molecule has 0 heterocycles. The van der Waals surface area contributed by atoms with Gasteiger partial charge in [0.2, 0.25) is 6.41 Å². The van der Waals surface area contributed by atoms with Crippen molar-refractivity contribution >= 4 is 12.1 Å². The lowest BCUT2D eigenvalue weighted by Gasteiger charge is -2.24. The molecule has 1 aromatic carbocycles. The number of likely N-dealkylation sites (N-methyl/N-ethyl adjacent to an activating group) is 1. The molecular formula is C18H32N2O2. The van der Waals surface area contributed by atoms with Gasteiger partial charge in [-0.25, -0.2) is 0 Å². The lowest BCUT2D eigenvalue weighted by Crippen LogP contribution is -2.35. The zero-order valence-electron chi connectivity index (χ0n) is 14.8. The molecule has 1 rings (SSSR count). The molecule has 1 aromatic rings. The molecule has 0 N–H and O–H groups in total. The molecule has 4 heteroatoms. The van der Waals surface area contributed by atoms with Crippen molar-refractivity contribution < 1.29 is 9.53 Å². The van der Waals surface area contributed by atoms with E-state index in [1.54, 1.807) is 12.0 Å². The number of hydrogen-bond donors (Lipinski definition) is 0. The van der Waals surface area contributed by atoms with Crippen molar-refractivity contribution in [1.29, 1.82) is 0 Å². The summed E-state index contributed by atoms with van der Waals surface area (Å²) in [5.74, 6) is 0. The van der Waals surface area contributed by atoms with E-state index in [1.807, 2.05) is 31.2 Å². The molecule has 0 aliphatic rings. The van der Waals surface area contributed by atoms with Crippen molar-refractivity contribution in [2.24, 2.45) is 0 Å². The van der Waals surface area contributed by atoms with Crippen LogP contribution in [-0.4, -0.2) is 51.2 Å². The summed E-state index contributed by atoms with van der Waals surface area (Å²) in [6.45, 7) is 13.0. The molecule has 0 unspecified atom stereocenters. The van der Waals surface area contributed by atoms with Crippen molar-refractivity contribution in [3.8, 4) is 0 Å². The Morgan fingerprint density at radius 3 is 2.05 bits per heavy atom. The summed E-state index contributed by atoms with van der Waals surface area (Å²) in [6, 6.07) is 8.07. The molecule has 0 saturated heterocycles. The van der Waals surface area contributed by atoms with Crippen LogP contribution in [0.2, 0.25) is 0 Å². The van der Waals surface area contributed by atoms with Gasteiger partial charge in [-0.2, -0.15) is 0 Å². The molecule has 0 atom stereocenters. The largest absolute Gasteiger partial charge is 0.385 e. The Kier molecular flexibility index (Phi) is 12.4. The summed E-state index contributed by atoms with van der Waals surface area (Å²) in [4.78, 5) is 15.3. The molecular weight excluding hydrogens is 276 g/mol. The number of carbonyl (C=O) groups is 1. The molecule has 0 bridgehead atoms. The lowest BCUT2D eigenvalue weighted by atomic mass is 10.2. The number of hydrogen-bond acceptors (Lipinski definition) is 3. The van der Waals surface area contributed by atoms with Crippen LogP contribution in [0.1, 0.15) is 32.8 Å². The number of amides is 1. The third kappa shape index (κ3) is 8.80. The summed E-state index contributed by atoms with van der Waals surface area (Å²) < 4.78 is 4.54. The maximum absolute atomic E-state index is 11.2. The monoisotopic (exact) mass is 308 g/mol. The second kappa shape index (κ2) is 13.3. The highest BCUT2D eigenvalue weighted by Gasteiger charge is 2.07. The first-order chi connectivity index (χ1) is 10.6. The smallest absolute Gasteiger partial charge is 0.214 e. The van der Waals surface area contributed by atoms with Gasteiger partial charge in [-0.1, -0.05) is 31.5 Å². The molecule has 4 nitrogen and oxygen atoms in total. The maximum atomic E-state index is 11.2. The van der Waals surface area contributed by atoms with Crippen molar-refractivity contribution in [3.05, 3.63) is 29.8 Å². The van der Waals surface area contributed by atoms with Crippen LogP contribution in [0, 0.1) is 6.92 Å². The minimum absolute atomic E-state index is 0.750. The van der Waals surface area contributed by atoms with Crippen molar-refractivity contribution in [2.45, 2.75) is 34.1 Å². The average Bonchev–Trinajstić information content (AvgIpc) is 2.56. The third-order valence-electron chi connectivity index (χ3n) is 3.43. The van der Waals surface area contributed by atoms with Gasteiger partial charge in [0, 0.05) is 32.5 Å². The van der Waals surface area contributed by atoms with Gasteiger partial charge in [-0.15, -0.1) is 0 Å². The SMILES string of the molecule is CCCN(CC)CCN(C=O)c1ccc(C)cc1.CCOC. The van der Waals surface area contributed by atoms with Gasteiger partial charge >= 0.3 is 0 Å². The van der Waals surface area contributed by atoms with Gasteiger partial charge in [0.05, 0.1) is 0 Å². The number of ether oxygens (including phenoxy) is 1. The van der Waals surface area contributed by atoms with Gasteiger partial charge in [0.25, 0.3) is 0 Å². The Bertz CT molecular complexity index is 377. The number of anilines is 1. The molecule has 22 heavy (non-hydrogen) atoms. The van der Waals surface area contributed by atoms with E-state index >= 15 is 0 Å². The van der Waals surface area contributed by atoms with E-state index in [9.17, 15) is 4.79 Å². The van der Waals surface area contributed by atoms with Crippen LogP contribution >= 0.6 is 0 Å². The van der Waals surface area contributed by atoms with Crippen LogP contribution in [0.25, 0.3) is 0 Å². The average molecular weight is 308 g/mol. The Morgan fingerprint density at radius 1 is 1.05 bits per heavy atom. The third-order valence-corrected chi connectivity index (χ3v) is 3.43. The van der Waals surface area contributed by atoms with Crippen molar-refractivity contribution in [1.82, 2.24) is 4.90 Å². The maximum Gasteiger partial charge on any atom is 0.214 e.